The van der Waals surface area contributed by atoms with E-state index in [2.05, 4.69) is 89.7 Å². The highest BCUT2D eigenvalue weighted by Crippen LogP contribution is 2.32. The summed E-state index contributed by atoms with van der Waals surface area (Å²) in [4.78, 5) is 8.70. The van der Waals surface area contributed by atoms with Gasteiger partial charge in [0.2, 0.25) is 0 Å². The lowest BCUT2D eigenvalue weighted by Crippen LogP contribution is -2.18. The summed E-state index contributed by atoms with van der Waals surface area (Å²) in [6.07, 6.45) is 7.04. The number of hydrogen-bond acceptors (Lipinski definition) is 4. The predicted octanol–water partition coefficient (Wildman–Crippen LogP) is 5.04. The number of benzene rings is 2. The van der Waals surface area contributed by atoms with Gasteiger partial charge in [-0.15, -0.1) is 0 Å². The highest BCUT2D eigenvalue weighted by molar-refractivity contribution is 5.59. The number of anilines is 2. The summed E-state index contributed by atoms with van der Waals surface area (Å²) >= 11 is 0. The van der Waals surface area contributed by atoms with Crippen LogP contribution in [0.15, 0.2) is 79.4 Å². The molecule has 0 saturated carbocycles. The van der Waals surface area contributed by atoms with E-state index in [1.807, 2.05) is 12.3 Å². The van der Waals surface area contributed by atoms with Gasteiger partial charge in [0.15, 0.2) is 0 Å². The minimum atomic E-state index is -0.0548. The highest BCUT2D eigenvalue weighted by Gasteiger charge is 2.22. The molecule has 140 valence electrons. The zero-order valence-corrected chi connectivity index (χ0v) is 16.3. The lowest BCUT2D eigenvalue weighted by Gasteiger charge is -2.26. The Morgan fingerprint density at radius 1 is 0.821 bits per heavy atom. The number of aromatic nitrogens is 4. The fourth-order valence-corrected chi connectivity index (χ4v) is 3.16. The quantitative estimate of drug-likeness (QED) is 0.535. The number of hydrogen-bond donors (Lipinski definition) is 1. The van der Waals surface area contributed by atoms with Gasteiger partial charge in [-0.25, -0.2) is 14.6 Å². The molecule has 0 atom stereocenters. The fraction of sp³-hybridized carbons (Fsp3) is 0.174. The van der Waals surface area contributed by atoms with Gasteiger partial charge in [-0.2, -0.15) is 5.10 Å². The van der Waals surface area contributed by atoms with Gasteiger partial charge in [0.25, 0.3) is 5.95 Å². The lowest BCUT2D eigenvalue weighted by molar-refractivity contribution is 0.641. The molecular weight excluding hydrogens is 346 g/mol. The Kier molecular flexibility index (Phi) is 4.65. The van der Waals surface area contributed by atoms with Gasteiger partial charge in [-0.1, -0.05) is 55.8 Å². The van der Waals surface area contributed by atoms with E-state index in [1.54, 1.807) is 23.3 Å². The predicted molar refractivity (Wildman–Crippen MR) is 112 cm³/mol. The first-order valence-corrected chi connectivity index (χ1v) is 9.29. The minimum absolute atomic E-state index is 0.0548. The Labute approximate surface area is 165 Å². The van der Waals surface area contributed by atoms with E-state index in [9.17, 15) is 0 Å². The van der Waals surface area contributed by atoms with Gasteiger partial charge in [-0.05, 0) is 36.2 Å². The molecule has 0 bridgehead atoms. The smallest absolute Gasteiger partial charge is 0.250 e. The zero-order chi connectivity index (χ0) is 19.6. The van der Waals surface area contributed by atoms with Crippen LogP contribution in [0.5, 0.6) is 0 Å². The number of aryl methyl sites for hydroxylation is 1. The average molecular weight is 369 g/mol. The van der Waals surface area contributed by atoms with E-state index < -0.39 is 0 Å². The fourth-order valence-electron chi connectivity index (χ4n) is 3.16. The van der Waals surface area contributed by atoms with Gasteiger partial charge in [0, 0.05) is 23.5 Å². The molecule has 0 aliphatic rings. The van der Waals surface area contributed by atoms with Crippen LogP contribution in [0.3, 0.4) is 0 Å². The van der Waals surface area contributed by atoms with Gasteiger partial charge >= 0.3 is 0 Å². The summed E-state index contributed by atoms with van der Waals surface area (Å²) < 4.78 is 1.63. The Hall–Kier alpha value is -3.47. The Morgan fingerprint density at radius 3 is 2.00 bits per heavy atom. The van der Waals surface area contributed by atoms with Crippen LogP contribution in [-0.2, 0) is 5.41 Å². The molecule has 4 aromatic rings. The summed E-state index contributed by atoms with van der Waals surface area (Å²) in [5, 5.41) is 7.48. The molecule has 5 nitrogen and oxygen atoms in total. The van der Waals surface area contributed by atoms with Crippen molar-refractivity contribution in [2.45, 2.75) is 26.2 Å². The van der Waals surface area contributed by atoms with Crippen LogP contribution in [0, 0.1) is 6.92 Å². The molecule has 2 aromatic carbocycles. The lowest BCUT2D eigenvalue weighted by atomic mass is 9.78. The summed E-state index contributed by atoms with van der Waals surface area (Å²) in [6.45, 7) is 6.62. The SMILES string of the molecule is Cc1ccc(C(C)(C)c2ccc(Nc3cnc(-n4cccn4)nc3)cc2)cc1. The molecule has 5 heteroatoms. The van der Waals surface area contributed by atoms with Crippen LogP contribution in [-0.4, -0.2) is 19.7 Å². The van der Waals surface area contributed by atoms with Crippen molar-refractivity contribution in [3.8, 4) is 5.95 Å². The molecule has 0 aliphatic carbocycles. The van der Waals surface area contributed by atoms with Crippen LogP contribution in [0.1, 0.15) is 30.5 Å². The number of nitrogens with zero attached hydrogens (tertiary/aromatic N) is 4. The van der Waals surface area contributed by atoms with Crippen LogP contribution in [0.25, 0.3) is 5.95 Å². The van der Waals surface area contributed by atoms with Crippen molar-refractivity contribution in [1.29, 1.82) is 0 Å². The van der Waals surface area contributed by atoms with Gasteiger partial charge in [-0.3, -0.25) is 0 Å². The third kappa shape index (κ3) is 3.64. The van der Waals surface area contributed by atoms with Crippen molar-refractivity contribution in [3.05, 3.63) is 96.1 Å². The van der Waals surface area contributed by atoms with E-state index in [4.69, 9.17) is 0 Å². The molecule has 2 aromatic heterocycles. The second-order valence-corrected chi connectivity index (χ2v) is 7.42. The zero-order valence-electron chi connectivity index (χ0n) is 16.3. The third-order valence-corrected chi connectivity index (χ3v) is 5.02. The van der Waals surface area contributed by atoms with Crippen LogP contribution >= 0.6 is 0 Å². The first-order valence-electron chi connectivity index (χ1n) is 9.29. The first kappa shape index (κ1) is 17.9. The van der Waals surface area contributed by atoms with Crippen molar-refractivity contribution in [2.75, 3.05) is 5.32 Å². The van der Waals surface area contributed by atoms with Crippen molar-refractivity contribution >= 4 is 11.4 Å². The van der Waals surface area contributed by atoms with Crippen molar-refractivity contribution in [1.82, 2.24) is 19.7 Å². The normalized spacial score (nSPS) is 11.4. The Morgan fingerprint density at radius 2 is 1.43 bits per heavy atom. The van der Waals surface area contributed by atoms with E-state index in [0.29, 0.717) is 5.95 Å². The Bertz CT molecular complexity index is 1030. The van der Waals surface area contributed by atoms with E-state index in [1.165, 1.54) is 16.7 Å². The summed E-state index contributed by atoms with van der Waals surface area (Å²) in [6, 6.07) is 19.1. The topological polar surface area (TPSA) is 55.6 Å². The molecule has 0 amide bonds. The van der Waals surface area contributed by atoms with Crippen molar-refractivity contribution in [2.24, 2.45) is 0 Å². The molecule has 0 aliphatic heterocycles. The molecule has 0 unspecified atom stereocenters. The molecule has 2 heterocycles. The van der Waals surface area contributed by atoms with Crippen molar-refractivity contribution < 1.29 is 0 Å². The van der Waals surface area contributed by atoms with E-state index in [-0.39, 0.29) is 5.41 Å². The van der Waals surface area contributed by atoms with E-state index >= 15 is 0 Å². The number of nitrogens with one attached hydrogen (secondary N) is 1. The third-order valence-electron chi connectivity index (χ3n) is 5.02. The first-order chi connectivity index (χ1) is 13.5. The molecule has 0 saturated heterocycles. The molecule has 0 fully saturated rings. The molecule has 0 radical (unpaired) electrons. The molecular formula is C23H23N5. The maximum atomic E-state index is 4.35. The van der Waals surface area contributed by atoms with Crippen molar-refractivity contribution in [3.63, 3.8) is 0 Å². The molecule has 1 N–H and O–H groups in total. The van der Waals surface area contributed by atoms with Crippen LogP contribution < -0.4 is 5.32 Å². The molecule has 0 spiro atoms. The van der Waals surface area contributed by atoms with Crippen LogP contribution in [0.4, 0.5) is 11.4 Å². The second-order valence-electron chi connectivity index (χ2n) is 7.42. The monoisotopic (exact) mass is 369 g/mol. The summed E-state index contributed by atoms with van der Waals surface area (Å²) in [7, 11) is 0. The second kappa shape index (κ2) is 7.27. The highest BCUT2D eigenvalue weighted by atomic mass is 15.3. The standard InChI is InChI=1S/C23H23N5/c1-17-5-7-18(8-6-17)23(2,3)19-9-11-20(12-10-19)27-21-15-24-22(25-16-21)28-14-4-13-26-28/h4-16,27H,1-3H3. The van der Waals surface area contributed by atoms with Gasteiger partial charge in [0.1, 0.15) is 0 Å². The summed E-state index contributed by atoms with van der Waals surface area (Å²) in [5.41, 5.74) is 5.63. The Balaban J connectivity index is 1.49. The van der Waals surface area contributed by atoms with Gasteiger partial charge in [0.05, 0.1) is 18.1 Å². The summed E-state index contributed by atoms with van der Waals surface area (Å²) in [5.74, 6) is 0.547. The molecule has 28 heavy (non-hydrogen) atoms. The van der Waals surface area contributed by atoms with Gasteiger partial charge < -0.3 is 5.32 Å². The minimum Gasteiger partial charge on any atom is -0.353 e. The largest absolute Gasteiger partial charge is 0.353 e. The number of rotatable bonds is 5. The van der Waals surface area contributed by atoms with Crippen LogP contribution in [0.2, 0.25) is 0 Å². The van der Waals surface area contributed by atoms with E-state index in [0.717, 1.165) is 11.4 Å². The maximum absolute atomic E-state index is 4.35. The average Bonchev–Trinajstić information content (AvgIpc) is 3.24. The molecule has 4 rings (SSSR count). The maximum Gasteiger partial charge on any atom is 0.250 e.